The van der Waals surface area contributed by atoms with Crippen LogP contribution in [0.2, 0.25) is 0 Å². The van der Waals surface area contributed by atoms with Crippen LogP contribution in [0.15, 0.2) is 24.3 Å². The van der Waals surface area contributed by atoms with Crippen molar-refractivity contribution in [2.45, 2.75) is 46.6 Å². The summed E-state index contributed by atoms with van der Waals surface area (Å²) >= 11 is 0. The lowest BCUT2D eigenvalue weighted by molar-refractivity contribution is 0.0936. The maximum Gasteiger partial charge on any atom is 0.271 e. The Morgan fingerprint density at radius 2 is 1.87 bits per heavy atom. The Balaban J connectivity index is 2.12. The smallest absolute Gasteiger partial charge is 0.271 e. The SMILES string of the molecule is CCC(O)CCNC(=O)c1cc(C)n(-c2cc(C)cc(C)c2)n1. The lowest BCUT2D eigenvalue weighted by atomic mass is 10.1. The fourth-order valence-electron chi connectivity index (χ4n) is 2.57. The number of hydrogen-bond donors (Lipinski definition) is 2. The molecule has 0 aliphatic carbocycles. The van der Waals surface area contributed by atoms with E-state index < -0.39 is 0 Å². The van der Waals surface area contributed by atoms with Gasteiger partial charge in [-0.15, -0.1) is 0 Å². The zero-order chi connectivity index (χ0) is 17.0. The Bertz CT molecular complexity index is 671. The van der Waals surface area contributed by atoms with Crippen LogP contribution >= 0.6 is 0 Å². The highest BCUT2D eigenvalue weighted by molar-refractivity contribution is 5.92. The van der Waals surface area contributed by atoms with E-state index in [0.717, 1.165) is 22.5 Å². The summed E-state index contributed by atoms with van der Waals surface area (Å²) in [5, 5.41) is 16.7. The Hall–Kier alpha value is -2.14. The average Bonchev–Trinajstić information content (AvgIpc) is 2.88. The zero-order valence-electron chi connectivity index (χ0n) is 14.3. The van der Waals surface area contributed by atoms with Gasteiger partial charge in [-0.25, -0.2) is 4.68 Å². The number of aromatic nitrogens is 2. The van der Waals surface area contributed by atoms with Crippen LogP contribution in [0.4, 0.5) is 0 Å². The number of nitrogens with zero attached hydrogens (tertiary/aromatic N) is 2. The van der Waals surface area contributed by atoms with Crippen LogP contribution < -0.4 is 5.32 Å². The number of aryl methyl sites for hydroxylation is 3. The molecule has 0 radical (unpaired) electrons. The van der Waals surface area contributed by atoms with E-state index in [2.05, 4.69) is 16.5 Å². The van der Waals surface area contributed by atoms with E-state index in [4.69, 9.17) is 0 Å². The van der Waals surface area contributed by atoms with E-state index in [-0.39, 0.29) is 12.0 Å². The molecule has 0 spiro atoms. The van der Waals surface area contributed by atoms with Gasteiger partial charge in [0.1, 0.15) is 0 Å². The van der Waals surface area contributed by atoms with Crippen molar-refractivity contribution in [2.24, 2.45) is 0 Å². The van der Waals surface area contributed by atoms with Crippen LogP contribution in [-0.2, 0) is 0 Å². The molecule has 23 heavy (non-hydrogen) atoms. The molecular formula is C18H25N3O2. The predicted octanol–water partition coefficient (Wildman–Crippen LogP) is 2.69. The molecule has 2 aromatic rings. The fourth-order valence-corrected chi connectivity index (χ4v) is 2.57. The molecule has 1 atom stereocenters. The molecular weight excluding hydrogens is 290 g/mol. The van der Waals surface area contributed by atoms with Gasteiger partial charge in [-0.1, -0.05) is 13.0 Å². The predicted molar refractivity (Wildman–Crippen MR) is 91.0 cm³/mol. The molecule has 1 heterocycles. The summed E-state index contributed by atoms with van der Waals surface area (Å²) in [5.41, 5.74) is 4.59. The second-order valence-corrected chi connectivity index (χ2v) is 6.04. The Morgan fingerprint density at radius 1 is 1.22 bits per heavy atom. The highest BCUT2D eigenvalue weighted by atomic mass is 16.3. The zero-order valence-corrected chi connectivity index (χ0v) is 14.3. The second-order valence-electron chi connectivity index (χ2n) is 6.04. The highest BCUT2D eigenvalue weighted by Gasteiger charge is 2.13. The Labute approximate surface area is 137 Å². The molecule has 1 aromatic carbocycles. The van der Waals surface area contributed by atoms with Crippen molar-refractivity contribution in [1.29, 1.82) is 0 Å². The molecule has 0 bridgehead atoms. The molecule has 2 N–H and O–H groups in total. The van der Waals surface area contributed by atoms with Crippen LogP contribution in [0.25, 0.3) is 5.69 Å². The van der Waals surface area contributed by atoms with Crippen LogP contribution in [0, 0.1) is 20.8 Å². The summed E-state index contributed by atoms with van der Waals surface area (Å²) in [5.74, 6) is -0.209. The van der Waals surface area contributed by atoms with Crippen molar-refractivity contribution in [2.75, 3.05) is 6.54 Å². The van der Waals surface area contributed by atoms with E-state index >= 15 is 0 Å². The van der Waals surface area contributed by atoms with Gasteiger partial charge in [-0.2, -0.15) is 5.10 Å². The van der Waals surface area contributed by atoms with Crippen LogP contribution in [0.3, 0.4) is 0 Å². The highest BCUT2D eigenvalue weighted by Crippen LogP contribution is 2.16. The number of amides is 1. The molecule has 1 unspecified atom stereocenters. The number of rotatable bonds is 6. The number of nitrogens with one attached hydrogen (secondary N) is 1. The van der Waals surface area contributed by atoms with Crippen molar-refractivity contribution in [1.82, 2.24) is 15.1 Å². The standard InChI is InChI=1S/C18H25N3O2/c1-5-16(22)6-7-19-18(23)17-11-14(4)21(20-17)15-9-12(2)8-13(3)10-15/h8-11,16,22H,5-7H2,1-4H3,(H,19,23). The molecule has 5 heteroatoms. The van der Waals surface area contributed by atoms with Crippen molar-refractivity contribution in [3.05, 3.63) is 46.8 Å². The monoisotopic (exact) mass is 315 g/mol. The summed E-state index contributed by atoms with van der Waals surface area (Å²) in [4.78, 5) is 12.2. The van der Waals surface area contributed by atoms with E-state index in [1.807, 2.05) is 39.8 Å². The molecule has 1 amide bonds. The number of benzene rings is 1. The molecule has 0 aliphatic rings. The topological polar surface area (TPSA) is 67.2 Å². The number of aliphatic hydroxyl groups is 1. The summed E-state index contributed by atoms with van der Waals surface area (Å²) in [7, 11) is 0. The van der Waals surface area contributed by atoms with Crippen molar-refractivity contribution in [3.8, 4) is 5.69 Å². The normalized spacial score (nSPS) is 12.2. The molecule has 5 nitrogen and oxygen atoms in total. The van der Waals surface area contributed by atoms with Gasteiger partial charge in [0.15, 0.2) is 5.69 Å². The second kappa shape index (κ2) is 7.42. The molecule has 0 aliphatic heterocycles. The molecule has 0 fully saturated rings. The third-order valence-electron chi connectivity index (χ3n) is 3.81. The Morgan fingerprint density at radius 3 is 2.48 bits per heavy atom. The van der Waals surface area contributed by atoms with E-state index in [1.54, 1.807) is 10.7 Å². The molecule has 2 rings (SSSR count). The first-order chi connectivity index (χ1) is 10.9. The van der Waals surface area contributed by atoms with Crippen LogP contribution in [0.1, 0.15) is 47.1 Å². The number of carbonyl (C=O) groups excluding carboxylic acids is 1. The molecule has 0 saturated carbocycles. The van der Waals surface area contributed by atoms with E-state index in [1.165, 1.54) is 0 Å². The maximum atomic E-state index is 12.2. The third-order valence-corrected chi connectivity index (χ3v) is 3.81. The molecule has 1 aromatic heterocycles. The van der Waals surface area contributed by atoms with Gasteiger partial charge in [-0.05, 0) is 62.9 Å². The van der Waals surface area contributed by atoms with Gasteiger partial charge in [0, 0.05) is 12.2 Å². The summed E-state index contributed by atoms with van der Waals surface area (Å²) in [6.45, 7) is 8.39. The minimum absolute atomic E-state index is 0.209. The molecule has 0 saturated heterocycles. The Kier molecular flexibility index (Phi) is 5.55. The maximum absolute atomic E-state index is 12.2. The first kappa shape index (κ1) is 17.2. The van der Waals surface area contributed by atoms with Gasteiger partial charge in [0.05, 0.1) is 11.8 Å². The fraction of sp³-hybridized carbons (Fsp3) is 0.444. The van der Waals surface area contributed by atoms with E-state index in [9.17, 15) is 9.90 Å². The summed E-state index contributed by atoms with van der Waals surface area (Å²) in [6, 6.07) is 7.98. The van der Waals surface area contributed by atoms with Gasteiger partial charge in [0.2, 0.25) is 0 Å². The minimum atomic E-state index is -0.370. The van der Waals surface area contributed by atoms with Gasteiger partial charge < -0.3 is 10.4 Å². The van der Waals surface area contributed by atoms with Crippen LogP contribution in [-0.4, -0.2) is 33.4 Å². The number of hydrogen-bond acceptors (Lipinski definition) is 3. The third kappa shape index (κ3) is 4.42. The lowest BCUT2D eigenvalue weighted by Gasteiger charge is -2.08. The van der Waals surface area contributed by atoms with Gasteiger partial charge >= 0.3 is 0 Å². The molecule has 124 valence electrons. The first-order valence-electron chi connectivity index (χ1n) is 8.02. The summed E-state index contributed by atoms with van der Waals surface area (Å²) in [6.07, 6.45) is 0.875. The van der Waals surface area contributed by atoms with E-state index in [0.29, 0.717) is 25.1 Å². The lowest BCUT2D eigenvalue weighted by Crippen LogP contribution is -2.27. The quantitative estimate of drug-likeness (QED) is 0.861. The summed E-state index contributed by atoms with van der Waals surface area (Å²) < 4.78 is 1.79. The van der Waals surface area contributed by atoms with Crippen LogP contribution in [0.5, 0.6) is 0 Å². The number of carbonyl (C=O) groups is 1. The van der Waals surface area contributed by atoms with Crippen molar-refractivity contribution < 1.29 is 9.90 Å². The van der Waals surface area contributed by atoms with Crippen molar-refractivity contribution in [3.63, 3.8) is 0 Å². The largest absolute Gasteiger partial charge is 0.393 e. The first-order valence-corrected chi connectivity index (χ1v) is 8.02. The number of aliphatic hydroxyl groups excluding tert-OH is 1. The average molecular weight is 315 g/mol. The van der Waals surface area contributed by atoms with Gasteiger partial charge in [-0.3, -0.25) is 4.79 Å². The van der Waals surface area contributed by atoms with Gasteiger partial charge in [0.25, 0.3) is 5.91 Å². The van der Waals surface area contributed by atoms with Crippen molar-refractivity contribution >= 4 is 5.91 Å². The minimum Gasteiger partial charge on any atom is -0.393 e.